The summed E-state index contributed by atoms with van der Waals surface area (Å²) in [6.07, 6.45) is 3.27. The van der Waals surface area contributed by atoms with E-state index in [9.17, 15) is 4.79 Å². The number of amides is 1. The summed E-state index contributed by atoms with van der Waals surface area (Å²) < 4.78 is 16.7. The Labute approximate surface area is 181 Å². The lowest BCUT2D eigenvalue weighted by atomic mass is 10.2. The number of carbonyl (C=O) groups is 1. The lowest BCUT2D eigenvalue weighted by Gasteiger charge is -2.35. The minimum absolute atomic E-state index is 0.218. The molecule has 0 aromatic carbocycles. The van der Waals surface area contributed by atoms with Gasteiger partial charge in [0.05, 0.1) is 12.7 Å². The molecular weight excluding hydrogens is 386 g/mol. The highest BCUT2D eigenvalue weighted by molar-refractivity contribution is 5.79. The standard InChI is InChI=1S/C21H41N5O4/c1-21(2,3)30-20(27)26-13-11-25(12-14-26)10-9-24-19(22-4)23-8-6-15-28-17-18-7-5-16-29-18/h18H,5-17H2,1-4H3,(H2,22,23,24). The predicted octanol–water partition coefficient (Wildman–Crippen LogP) is 1.29. The van der Waals surface area contributed by atoms with Crippen molar-refractivity contribution in [2.24, 2.45) is 4.99 Å². The molecule has 0 aromatic heterocycles. The van der Waals surface area contributed by atoms with Crippen LogP contribution in [0.25, 0.3) is 0 Å². The van der Waals surface area contributed by atoms with E-state index in [1.54, 1.807) is 11.9 Å². The molecule has 9 heteroatoms. The number of rotatable bonds is 9. The van der Waals surface area contributed by atoms with Gasteiger partial charge in [0.1, 0.15) is 5.60 Å². The van der Waals surface area contributed by atoms with Crippen LogP contribution in [-0.2, 0) is 14.2 Å². The Balaban J connectivity index is 1.49. The van der Waals surface area contributed by atoms with Crippen LogP contribution in [0, 0.1) is 0 Å². The number of piperazine rings is 1. The van der Waals surface area contributed by atoms with Gasteiger partial charge in [0.2, 0.25) is 0 Å². The van der Waals surface area contributed by atoms with Gasteiger partial charge in [0, 0.05) is 66.1 Å². The molecule has 2 N–H and O–H groups in total. The second-order valence-corrected chi connectivity index (χ2v) is 8.80. The lowest BCUT2D eigenvalue weighted by Crippen LogP contribution is -2.51. The van der Waals surface area contributed by atoms with Crippen molar-refractivity contribution in [1.82, 2.24) is 20.4 Å². The summed E-state index contributed by atoms with van der Waals surface area (Å²) in [5, 5.41) is 6.67. The molecule has 2 rings (SSSR count). The zero-order chi connectivity index (χ0) is 21.8. The Hall–Kier alpha value is -1.58. The molecule has 174 valence electrons. The zero-order valence-electron chi connectivity index (χ0n) is 19.2. The third kappa shape index (κ3) is 9.95. The maximum absolute atomic E-state index is 12.1. The molecule has 0 aromatic rings. The molecular formula is C21H41N5O4. The van der Waals surface area contributed by atoms with E-state index in [1.807, 2.05) is 20.8 Å². The number of aliphatic imine (C=N–C) groups is 1. The first kappa shape index (κ1) is 24.7. The first-order valence-corrected chi connectivity index (χ1v) is 11.2. The molecule has 0 aliphatic carbocycles. The molecule has 9 nitrogen and oxygen atoms in total. The Morgan fingerprint density at radius 1 is 1.17 bits per heavy atom. The molecule has 2 fully saturated rings. The van der Waals surface area contributed by atoms with Crippen molar-refractivity contribution in [1.29, 1.82) is 0 Å². The Bertz CT molecular complexity index is 524. The fourth-order valence-corrected chi connectivity index (χ4v) is 3.41. The zero-order valence-corrected chi connectivity index (χ0v) is 19.2. The number of nitrogens with zero attached hydrogens (tertiary/aromatic N) is 3. The van der Waals surface area contributed by atoms with Crippen LogP contribution in [0.1, 0.15) is 40.0 Å². The van der Waals surface area contributed by atoms with E-state index < -0.39 is 5.60 Å². The summed E-state index contributed by atoms with van der Waals surface area (Å²) in [4.78, 5) is 20.5. The van der Waals surface area contributed by atoms with Gasteiger partial charge in [-0.25, -0.2) is 4.79 Å². The monoisotopic (exact) mass is 427 g/mol. The highest BCUT2D eigenvalue weighted by atomic mass is 16.6. The number of nitrogens with one attached hydrogen (secondary N) is 2. The first-order valence-electron chi connectivity index (χ1n) is 11.2. The molecule has 0 bridgehead atoms. The smallest absolute Gasteiger partial charge is 0.410 e. The fourth-order valence-electron chi connectivity index (χ4n) is 3.41. The van der Waals surface area contributed by atoms with Crippen molar-refractivity contribution in [3.05, 3.63) is 0 Å². The normalized spacial score (nSPS) is 21.0. The van der Waals surface area contributed by atoms with Gasteiger partial charge in [-0.05, 0) is 40.0 Å². The SMILES string of the molecule is CN=C(NCCCOCC1CCCO1)NCCN1CCN(C(=O)OC(C)(C)C)CC1. The molecule has 2 saturated heterocycles. The maximum atomic E-state index is 12.1. The van der Waals surface area contributed by atoms with Crippen LogP contribution < -0.4 is 10.6 Å². The molecule has 1 unspecified atom stereocenters. The molecule has 2 aliphatic rings. The maximum Gasteiger partial charge on any atom is 0.410 e. The third-order valence-electron chi connectivity index (χ3n) is 5.05. The molecule has 1 amide bonds. The van der Waals surface area contributed by atoms with E-state index in [0.717, 1.165) is 71.2 Å². The van der Waals surface area contributed by atoms with E-state index in [2.05, 4.69) is 20.5 Å². The van der Waals surface area contributed by atoms with Crippen LogP contribution in [0.4, 0.5) is 4.79 Å². The van der Waals surface area contributed by atoms with Gasteiger partial charge in [-0.3, -0.25) is 9.89 Å². The van der Waals surface area contributed by atoms with Crippen LogP contribution in [-0.4, -0.2) is 106 Å². The molecule has 30 heavy (non-hydrogen) atoms. The van der Waals surface area contributed by atoms with Crippen molar-refractivity contribution in [2.45, 2.75) is 51.7 Å². The van der Waals surface area contributed by atoms with E-state index >= 15 is 0 Å². The van der Waals surface area contributed by atoms with Gasteiger partial charge in [-0.2, -0.15) is 0 Å². The summed E-state index contributed by atoms with van der Waals surface area (Å²) in [6.45, 7) is 13.6. The van der Waals surface area contributed by atoms with E-state index in [4.69, 9.17) is 14.2 Å². The molecule has 0 saturated carbocycles. The number of hydrogen-bond acceptors (Lipinski definition) is 6. The summed E-state index contributed by atoms with van der Waals surface area (Å²) in [7, 11) is 1.78. The molecule has 2 heterocycles. The van der Waals surface area contributed by atoms with E-state index in [1.165, 1.54) is 0 Å². The van der Waals surface area contributed by atoms with E-state index in [0.29, 0.717) is 25.8 Å². The van der Waals surface area contributed by atoms with E-state index in [-0.39, 0.29) is 6.09 Å². The van der Waals surface area contributed by atoms with Crippen LogP contribution in [0.5, 0.6) is 0 Å². The van der Waals surface area contributed by atoms with Crippen LogP contribution in [0.3, 0.4) is 0 Å². The largest absolute Gasteiger partial charge is 0.444 e. The first-order chi connectivity index (χ1) is 14.4. The number of ether oxygens (including phenoxy) is 3. The van der Waals surface area contributed by atoms with Crippen molar-refractivity contribution >= 4 is 12.1 Å². The molecule has 0 radical (unpaired) electrons. The number of hydrogen-bond donors (Lipinski definition) is 2. The summed E-state index contributed by atoms with van der Waals surface area (Å²) in [6, 6.07) is 0. The summed E-state index contributed by atoms with van der Waals surface area (Å²) in [5.41, 5.74) is -0.447. The van der Waals surface area contributed by atoms with Crippen LogP contribution in [0.2, 0.25) is 0 Å². The quantitative estimate of drug-likeness (QED) is 0.326. The van der Waals surface area contributed by atoms with Crippen molar-refractivity contribution in [3.63, 3.8) is 0 Å². The molecule has 1 atom stereocenters. The highest BCUT2D eigenvalue weighted by Gasteiger charge is 2.25. The van der Waals surface area contributed by atoms with Gasteiger partial charge < -0.3 is 29.7 Å². The van der Waals surface area contributed by atoms with Crippen molar-refractivity contribution in [3.8, 4) is 0 Å². The van der Waals surface area contributed by atoms with Gasteiger partial charge in [0.15, 0.2) is 5.96 Å². The van der Waals surface area contributed by atoms with Crippen LogP contribution in [0.15, 0.2) is 4.99 Å². The topological polar surface area (TPSA) is 87.7 Å². The lowest BCUT2D eigenvalue weighted by molar-refractivity contribution is 0.0147. The Kier molecular flexibility index (Phi) is 10.7. The minimum Gasteiger partial charge on any atom is -0.444 e. The minimum atomic E-state index is -0.447. The van der Waals surface area contributed by atoms with Gasteiger partial charge >= 0.3 is 6.09 Å². The number of carbonyl (C=O) groups excluding carboxylic acids is 1. The summed E-state index contributed by atoms with van der Waals surface area (Å²) >= 11 is 0. The fraction of sp³-hybridized carbons (Fsp3) is 0.905. The average Bonchev–Trinajstić information content (AvgIpc) is 3.22. The highest BCUT2D eigenvalue weighted by Crippen LogP contribution is 2.12. The van der Waals surface area contributed by atoms with Gasteiger partial charge in [-0.15, -0.1) is 0 Å². The summed E-state index contributed by atoms with van der Waals surface area (Å²) in [5.74, 6) is 0.807. The third-order valence-corrected chi connectivity index (χ3v) is 5.05. The van der Waals surface area contributed by atoms with Crippen molar-refractivity contribution in [2.75, 3.05) is 72.7 Å². The Morgan fingerprint density at radius 2 is 1.90 bits per heavy atom. The average molecular weight is 428 g/mol. The van der Waals surface area contributed by atoms with Crippen molar-refractivity contribution < 1.29 is 19.0 Å². The van der Waals surface area contributed by atoms with Gasteiger partial charge in [-0.1, -0.05) is 0 Å². The second kappa shape index (κ2) is 13.0. The second-order valence-electron chi connectivity index (χ2n) is 8.80. The van der Waals surface area contributed by atoms with Crippen LogP contribution >= 0.6 is 0 Å². The predicted molar refractivity (Wildman–Crippen MR) is 118 cm³/mol. The number of guanidine groups is 1. The molecule has 0 spiro atoms. The molecule has 2 aliphatic heterocycles. The Morgan fingerprint density at radius 3 is 2.53 bits per heavy atom. The van der Waals surface area contributed by atoms with Gasteiger partial charge in [0.25, 0.3) is 0 Å².